The zero-order valence-electron chi connectivity index (χ0n) is 14.0. The Kier molecular flexibility index (Phi) is 4.71. The molecule has 0 bridgehead atoms. The van der Waals surface area contributed by atoms with Crippen LogP contribution in [-0.4, -0.2) is 40.1 Å². The van der Waals surface area contributed by atoms with E-state index in [4.69, 9.17) is 0 Å². The lowest BCUT2D eigenvalue weighted by atomic mass is 9.92. The van der Waals surface area contributed by atoms with Crippen LogP contribution in [0.3, 0.4) is 0 Å². The molecule has 1 unspecified atom stereocenters. The van der Waals surface area contributed by atoms with Crippen molar-refractivity contribution in [1.29, 1.82) is 0 Å². The average molecular weight is 314 g/mol. The maximum atomic E-state index is 12.6. The second-order valence-corrected chi connectivity index (χ2v) is 6.64. The van der Waals surface area contributed by atoms with Crippen LogP contribution in [0, 0.1) is 5.92 Å². The molecule has 2 heterocycles. The molecule has 1 aliphatic rings. The molecule has 0 spiro atoms. The largest absolute Gasteiger partial charge is 0.393 e. The van der Waals surface area contributed by atoms with E-state index in [1.807, 2.05) is 18.0 Å². The van der Waals surface area contributed by atoms with Crippen LogP contribution in [0.1, 0.15) is 37.8 Å². The van der Waals surface area contributed by atoms with Crippen molar-refractivity contribution in [2.24, 2.45) is 5.92 Å². The van der Waals surface area contributed by atoms with Crippen molar-refractivity contribution in [2.45, 2.75) is 45.6 Å². The molecule has 3 rings (SSSR count). The predicted octanol–water partition coefficient (Wildman–Crippen LogP) is 2.89. The van der Waals surface area contributed by atoms with Crippen LogP contribution in [0.25, 0.3) is 10.9 Å². The third-order valence-electron chi connectivity index (χ3n) is 5.18. The number of aliphatic hydroxyl groups excluding tert-OH is 1. The molecule has 23 heavy (non-hydrogen) atoms. The van der Waals surface area contributed by atoms with Gasteiger partial charge in [-0.05, 0) is 43.2 Å². The summed E-state index contributed by atoms with van der Waals surface area (Å²) in [6.07, 6.45) is 4.94. The van der Waals surface area contributed by atoms with Crippen LogP contribution < -0.4 is 0 Å². The smallest absolute Gasteiger partial charge is 0.227 e. The summed E-state index contributed by atoms with van der Waals surface area (Å²) in [5.41, 5.74) is 3.53. The van der Waals surface area contributed by atoms with Gasteiger partial charge >= 0.3 is 0 Å². The van der Waals surface area contributed by atoms with Gasteiger partial charge in [-0.3, -0.25) is 4.79 Å². The van der Waals surface area contributed by atoms with E-state index in [-0.39, 0.29) is 12.0 Å². The van der Waals surface area contributed by atoms with E-state index in [2.05, 4.69) is 30.1 Å². The van der Waals surface area contributed by atoms with Crippen LogP contribution >= 0.6 is 0 Å². The number of hydrogen-bond donors (Lipinski definition) is 2. The zero-order chi connectivity index (χ0) is 16.4. The number of fused-ring (bicyclic) bond motifs is 1. The molecule has 1 aromatic carbocycles. The SMILES string of the molecule is CCc1cccc2c(CC(=O)N3CCC(C(C)O)CC3)c[nH]c12. The lowest BCUT2D eigenvalue weighted by Gasteiger charge is -2.33. The van der Waals surface area contributed by atoms with E-state index in [0.717, 1.165) is 48.8 Å². The maximum absolute atomic E-state index is 12.6. The summed E-state index contributed by atoms with van der Waals surface area (Å²) in [7, 11) is 0. The molecule has 4 nitrogen and oxygen atoms in total. The highest BCUT2D eigenvalue weighted by atomic mass is 16.3. The van der Waals surface area contributed by atoms with Gasteiger partial charge < -0.3 is 15.0 Å². The topological polar surface area (TPSA) is 56.3 Å². The first-order valence-electron chi connectivity index (χ1n) is 8.63. The van der Waals surface area contributed by atoms with E-state index in [9.17, 15) is 9.90 Å². The number of aryl methyl sites for hydroxylation is 1. The minimum Gasteiger partial charge on any atom is -0.393 e. The number of likely N-dealkylation sites (tertiary alicyclic amines) is 1. The summed E-state index contributed by atoms with van der Waals surface area (Å²) in [5, 5.41) is 10.8. The normalized spacial score (nSPS) is 17.6. The number of benzene rings is 1. The van der Waals surface area contributed by atoms with Crippen LogP contribution in [-0.2, 0) is 17.6 Å². The van der Waals surface area contributed by atoms with Crippen molar-refractivity contribution in [3.63, 3.8) is 0 Å². The number of nitrogens with zero attached hydrogens (tertiary/aromatic N) is 1. The Labute approximate surface area is 137 Å². The fourth-order valence-electron chi connectivity index (χ4n) is 3.62. The summed E-state index contributed by atoms with van der Waals surface area (Å²) >= 11 is 0. The standard InChI is InChI=1S/C19H26N2O2/c1-3-14-5-4-6-17-16(12-20-19(14)17)11-18(23)21-9-7-15(8-10-21)13(2)22/h4-6,12-13,15,20,22H,3,7-11H2,1-2H3. The first kappa shape index (κ1) is 16.1. The van der Waals surface area contributed by atoms with Crippen molar-refractivity contribution in [1.82, 2.24) is 9.88 Å². The van der Waals surface area contributed by atoms with Gasteiger partial charge in [0.25, 0.3) is 0 Å². The molecule has 1 aliphatic heterocycles. The van der Waals surface area contributed by atoms with Crippen molar-refractivity contribution in [3.8, 4) is 0 Å². The lowest BCUT2D eigenvalue weighted by molar-refractivity contribution is -0.132. The number of piperidine rings is 1. The summed E-state index contributed by atoms with van der Waals surface area (Å²) < 4.78 is 0. The van der Waals surface area contributed by atoms with E-state index in [1.54, 1.807) is 0 Å². The highest BCUT2D eigenvalue weighted by molar-refractivity contribution is 5.90. The van der Waals surface area contributed by atoms with E-state index in [1.165, 1.54) is 5.56 Å². The minimum absolute atomic E-state index is 0.192. The average Bonchev–Trinajstić information content (AvgIpc) is 2.98. The van der Waals surface area contributed by atoms with Gasteiger partial charge in [-0.25, -0.2) is 0 Å². The summed E-state index contributed by atoms with van der Waals surface area (Å²) in [6, 6.07) is 6.29. The number of nitrogens with one attached hydrogen (secondary N) is 1. The van der Waals surface area contributed by atoms with Gasteiger partial charge in [0, 0.05) is 30.2 Å². The molecule has 1 fully saturated rings. The number of aromatic amines is 1. The van der Waals surface area contributed by atoms with E-state index >= 15 is 0 Å². The number of aromatic nitrogens is 1. The second-order valence-electron chi connectivity index (χ2n) is 6.64. The van der Waals surface area contributed by atoms with Crippen molar-refractivity contribution in [2.75, 3.05) is 13.1 Å². The molecular formula is C19H26N2O2. The maximum Gasteiger partial charge on any atom is 0.227 e. The number of aliphatic hydroxyl groups is 1. The fourth-order valence-corrected chi connectivity index (χ4v) is 3.62. The molecule has 1 amide bonds. The molecule has 0 saturated carbocycles. The van der Waals surface area contributed by atoms with Gasteiger partial charge in [0.1, 0.15) is 0 Å². The lowest BCUT2D eigenvalue weighted by Crippen LogP contribution is -2.41. The quantitative estimate of drug-likeness (QED) is 0.911. The van der Waals surface area contributed by atoms with Gasteiger partial charge in [0.15, 0.2) is 0 Å². The summed E-state index contributed by atoms with van der Waals surface area (Å²) in [4.78, 5) is 17.9. The Morgan fingerprint density at radius 2 is 2.09 bits per heavy atom. The fraction of sp³-hybridized carbons (Fsp3) is 0.526. The monoisotopic (exact) mass is 314 g/mol. The van der Waals surface area contributed by atoms with Crippen molar-refractivity contribution < 1.29 is 9.90 Å². The number of carbonyl (C=O) groups is 1. The van der Waals surface area contributed by atoms with Crippen LogP contribution in [0.4, 0.5) is 0 Å². The Morgan fingerprint density at radius 3 is 2.74 bits per heavy atom. The second kappa shape index (κ2) is 6.75. The Morgan fingerprint density at radius 1 is 1.35 bits per heavy atom. The number of carbonyl (C=O) groups excluding carboxylic acids is 1. The Bertz CT molecular complexity index is 682. The molecule has 0 radical (unpaired) electrons. The molecule has 124 valence electrons. The molecular weight excluding hydrogens is 288 g/mol. The number of hydrogen-bond acceptors (Lipinski definition) is 2. The molecule has 1 aromatic heterocycles. The summed E-state index contributed by atoms with van der Waals surface area (Å²) in [5.74, 6) is 0.524. The van der Waals surface area contributed by atoms with Gasteiger partial charge in [-0.1, -0.05) is 25.1 Å². The molecule has 1 saturated heterocycles. The molecule has 4 heteroatoms. The number of para-hydroxylation sites is 1. The summed E-state index contributed by atoms with van der Waals surface area (Å²) in [6.45, 7) is 5.51. The highest BCUT2D eigenvalue weighted by Crippen LogP contribution is 2.25. The molecule has 2 aromatic rings. The number of rotatable bonds is 4. The first-order valence-corrected chi connectivity index (χ1v) is 8.63. The Balaban J connectivity index is 1.69. The third kappa shape index (κ3) is 3.27. The molecule has 0 aliphatic carbocycles. The third-order valence-corrected chi connectivity index (χ3v) is 5.18. The van der Waals surface area contributed by atoms with Crippen LogP contribution in [0.2, 0.25) is 0 Å². The minimum atomic E-state index is -0.270. The van der Waals surface area contributed by atoms with Crippen molar-refractivity contribution in [3.05, 3.63) is 35.5 Å². The molecule has 1 atom stereocenters. The van der Waals surface area contributed by atoms with Gasteiger partial charge in [0.2, 0.25) is 5.91 Å². The number of amides is 1. The zero-order valence-corrected chi connectivity index (χ0v) is 14.0. The van der Waals surface area contributed by atoms with Gasteiger partial charge in [-0.15, -0.1) is 0 Å². The van der Waals surface area contributed by atoms with Crippen LogP contribution in [0.5, 0.6) is 0 Å². The highest BCUT2D eigenvalue weighted by Gasteiger charge is 2.25. The predicted molar refractivity (Wildman–Crippen MR) is 92.4 cm³/mol. The van der Waals surface area contributed by atoms with Crippen molar-refractivity contribution >= 4 is 16.8 Å². The van der Waals surface area contributed by atoms with Gasteiger partial charge in [-0.2, -0.15) is 0 Å². The Hall–Kier alpha value is -1.81. The van der Waals surface area contributed by atoms with Gasteiger partial charge in [0.05, 0.1) is 12.5 Å². The van der Waals surface area contributed by atoms with E-state index in [0.29, 0.717) is 12.3 Å². The van der Waals surface area contributed by atoms with Crippen LogP contribution in [0.15, 0.2) is 24.4 Å². The number of H-pyrrole nitrogens is 1. The van der Waals surface area contributed by atoms with E-state index < -0.39 is 0 Å². The molecule has 2 N–H and O–H groups in total. The first-order chi connectivity index (χ1) is 11.1.